The molecular weight excluding hydrogens is 350 g/mol. The van der Waals surface area contributed by atoms with Crippen molar-refractivity contribution in [1.29, 1.82) is 0 Å². The smallest absolute Gasteiger partial charge is 0.251 e. The van der Waals surface area contributed by atoms with Gasteiger partial charge in [-0.3, -0.25) is 9.69 Å². The van der Waals surface area contributed by atoms with Crippen molar-refractivity contribution in [1.82, 2.24) is 15.2 Å². The van der Waals surface area contributed by atoms with E-state index >= 15 is 0 Å². The minimum atomic E-state index is 0.0517. The summed E-state index contributed by atoms with van der Waals surface area (Å²) < 4.78 is 1.18. The van der Waals surface area contributed by atoms with Crippen molar-refractivity contribution in [2.75, 3.05) is 13.1 Å². The molecule has 5 rings (SSSR count). The lowest BCUT2D eigenvalue weighted by atomic mass is 9.79. The lowest BCUT2D eigenvalue weighted by molar-refractivity contribution is 0.0217. The molecule has 2 aromatic rings. The predicted octanol–water partition coefficient (Wildman–Crippen LogP) is 3.82. The Kier molecular flexibility index (Phi) is 4.84. The van der Waals surface area contributed by atoms with Crippen molar-refractivity contribution in [3.63, 3.8) is 0 Å². The number of hydrogen-bond donors (Lipinski definition) is 1. The molecule has 0 radical (unpaired) electrons. The largest absolute Gasteiger partial charge is 0.347 e. The maximum absolute atomic E-state index is 12.7. The number of piperidine rings is 3. The molecule has 1 aromatic carbocycles. The third kappa shape index (κ3) is 3.61. The van der Waals surface area contributed by atoms with Crippen LogP contribution in [0.1, 0.15) is 35.1 Å². The first-order valence-electron chi connectivity index (χ1n) is 8.85. The highest BCUT2D eigenvalue weighted by atomic mass is 32.2. The predicted molar refractivity (Wildman–Crippen MR) is 102 cm³/mol. The van der Waals surface area contributed by atoms with E-state index in [0.717, 1.165) is 15.5 Å². The summed E-state index contributed by atoms with van der Waals surface area (Å²) in [6, 6.07) is 8.63. The van der Waals surface area contributed by atoms with Crippen molar-refractivity contribution in [3.05, 3.63) is 41.0 Å². The molecular formula is C19H23N3OS2. The Morgan fingerprint density at radius 2 is 2.00 bits per heavy atom. The van der Waals surface area contributed by atoms with Crippen LogP contribution < -0.4 is 5.32 Å². The minimum absolute atomic E-state index is 0.0517. The molecule has 6 heteroatoms. The SMILES string of the molecule is Cc1ncc(Sc2ccc(C(=O)NC3C4CCN(CC4)C3C)cc2)s1. The van der Waals surface area contributed by atoms with Gasteiger partial charge in [0, 0.05) is 22.5 Å². The third-order valence-electron chi connectivity index (χ3n) is 5.41. The van der Waals surface area contributed by atoms with E-state index in [4.69, 9.17) is 0 Å². The summed E-state index contributed by atoms with van der Waals surface area (Å²) in [6.07, 6.45) is 4.32. The molecule has 1 amide bonds. The first-order valence-corrected chi connectivity index (χ1v) is 10.5. The number of rotatable bonds is 4. The molecule has 0 aliphatic carbocycles. The van der Waals surface area contributed by atoms with Crippen LogP contribution in [-0.2, 0) is 0 Å². The molecule has 25 heavy (non-hydrogen) atoms. The van der Waals surface area contributed by atoms with E-state index in [1.54, 1.807) is 23.1 Å². The number of amides is 1. The van der Waals surface area contributed by atoms with E-state index in [1.165, 1.54) is 30.1 Å². The van der Waals surface area contributed by atoms with Crippen LogP contribution in [0, 0.1) is 12.8 Å². The third-order valence-corrected chi connectivity index (χ3v) is 7.43. The maximum Gasteiger partial charge on any atom is 0.251 e. The highest BCUT2D eigenvalue weighted by Gasteiger charge is 2.40. The summed E-state index contributed by atoms with van der Waals surface area (Å²) in [4.78, 5) is 20.6. The van der Waals surface area contributed by atoms with Crippen molar-refractivity contribution in [2.24, 2.45) is 5.92 Å². The van der Waals surface area contributed by atoms with Gasteiger partial charge in [-0.25, -0.2) is 4.98 Å². The van der Waals surface area contributed by atoms with Gasteiger partial charge in [-0.2, -0.15) is 0 Å². The number of aryl methyl sites for hydroxylation is 1. The van der Waals surface area contributed by atoms with Crippen molar-refractivity contribution in [3.8, 4) is 0 Å². The molecule has 2 unspecified atom stereocenters. The first kappa shape index (κ1) is 17.1. The quantitative estimate of drug-likeness (QED) is 0.885. The first-order chi connectivity index (χ1) is 12.1. The standard InChI is InChI=1S/C19H23N3OS2/c1-12-18(14-7-9-22(12)10-8-14)21-19(23)15-3-5-16(6-4-15)25-17-11-20-13(2)24-17/h3-6,11-12,14,18H,7-10H2,1-2H3,(H,21,23). The van der Waals surface area contributed by atoms with Crippen molar-refractivity contribution < 1.29 is 4.79 Å². The summed E-state index contributed by atoms with van der Waals surface area (Å²) >= 11 is 3.38. The second-order valence-electron chi connectivity index (χ2n) is 6.94. The highest BCUT2D eigenvalue weighted by Crippen LogP contribution is 2.33. The van der Waals surface area contributed by atoms with E-state index in [0.29, 0.717) is 12.0 Å². The van der Waals surface area contributed by atoms with Gasteiger partial charge in [-0.1, -0.05) is 11.8 Å². The van der Waals surface area contributed by atoms with Gasteiger partial charge in [0.1, 0.15) is 0 Å². The van der Waals surface area contributed by atoms with Gasteiger partial charge >= 0.3 is 0 Å². The Labute approximate surface area is 157 Å². The van der Waals surface area contributed by atoms with Gasteiger partial charge in [0.25, 0.3) is 5.91 Å². The fraction of sp³-hybridized carbons (Fsp3) is 0.474. The normalized spacial score (nSPS) is 28.1. The van der Waals surface area contributed by atoms with Crippen LogP contribution in [0.4, 0.5) is 0 Å². The average molecular weight is 374 g/mol. The van der Waals surface area contributed by atoms with E-state index in [2.05, 4.69) is 22.1 Å². The Morgan fingerprint density at radius 3 is 2.60 bits per heavy atom. The van der Waals surface area contributed by atoms with Gasteiger partial charge in [-0.05, 0) is 70.0 Å². The Bertz CT molecular complexity index is 748. The molecule has 4 nitrogen and oxygen atoms in total. The molecule has 3 fully saturated rings. The minimum Gasteiger partial charge on any atom is -0.347 e. The summed E-state index contributed by atoms with van der Waals surface area (Å²) in [5, 5.41) is 4.37. The summed E-state index contributed by atoms with van der Waals surface area (Å²) in [6.45, 7) is 6.62. The number of fused-ring (bicyclic) bond motifs is 3. The highest BCUT2D eigenvalue weighted by molar-refractivity contribution is 8.01. The lowest BCUT2D eigenvalue weighted by Gasteiger charge is -2.49. The Balaban J connectivity index is 1.40. The number of thiazole rings is 1. The molecule has 0 spiro atoms. The number of carbonyl (C=O) groups is 1. The van der Waals surface area contributed by atoms with Crippen LogP contribution in [0.15, 0.2) is 39.6 Å². The summed E-state index contributed by atoms with van der Waals surface area (Å²) in [5.41, 5.74) is 0.744. The topological polar surface area (TPSA) is 45.2 Å². The van der Waals surface area contributed by atoms with E-state index in [1.807, 2.05) is 37.4 Å². The van der Waals surface area contributed by atoms with Crippen molar-refractivity contribution in [2.45, 2.75) is 47.9 Å². The van der Waals surface area contributed by atoms with Crippen LogP contribution in [0.2, 0.25) is 0 Å². The number of carbonyl (C=O) groups excluding carboxylic acids is 1. The van der Waals surface area contributed by atoms with Crippen LogP contribution in [0.3, 0.4) is 0 Å². The molecule has 0 saturated carbocycles. The van der Waals surface area contributed by atoms with E-state index in [-0.39, 0.29) is 11.9 Å². The van der Waals surface area contributed by atoms with Crippen LogP contribution in [0.25, 0.3) is 0 Å². The summed E-state index contributed by atoms with van der Waals surface area (Å²) in [7, 11) is 0. The number of nitrogens with one attached hydrogen (secondary N) is 1. The Hall–Kier alpha value is -1.37. The molecule has 3 aliphatic rings. The lowest BCUT2D eigenvalue weighted by Crippen LogP contribution is -2.62. The van der Waals surface area contributed by atoms with Crippen molar-refractivity contribution >= 4 is 29.0 Å². The van der Waals surface area contributed by atoms with Gasteiger partial charge in [0.05, 0.1) is 15.4 Å². The molecule has 3 aliphatic heterocycles. The fourth-order valence-electron chi connectivity index (χ4n) is 3.96. The van der Waals surface area contributed by atoms with Crippen LogP contribution in [-0.4, -0.2) is 41.0 Å². The molecule has 1 N–H and O–H groups in total. The van der Waals surface area contributed by atoms with Crippen LogP contribution in [0.5, 0.6) is 0 Å². The average Bonchev–Trinajstić information content (AvgIpc) is 3.04. The molecule has 132 valence electrons. The number of nitrogens with zero attached hydrogens (tertiary/aromatic N) is 2. The zero-order chi connectivity index (χ0) is 17.4. The number of aromatic nitrogens is 1. The zero-order valence-corrected chi connectivity index (χ0v) is 16.2. The van der Waals surface area contributed by atoms with Crippen LogP contribution >= 0.6 is 23.1 Å². The van der Waals surface area contributed by atoms with Gasteiger partial charge in [-0.15, -0.1) is 11.3 Å². The number of benzene rings is 1. The zero-order valence-electron chi connectivity index (χ0n) is 14.6. The van der Waals surface area contributed by atoms with Gasteiger partial charge in [0.15, 0.2) is 0 Å². The fourth-order valence-corrected chi connectivity index (χ4v) is 5.89. The molecule has 3 saturated heterocycles. The Morgan fingerprint density at radius 1 is 1.28 bits per heavy atom. The van der Waals surface area contributed by atoms with E-state index in [9.17, 15) is 4.79 Å². The molecule has 1 aromatic heterocycles. The summed E-state index contributed by atoms with van der Waals surface area (Å²) in [5.74, 6) is 0.684. The second kappa shape index (κ2) is 7.09. The molecule has 4 heterocycles. The number of hydrogen-bond acceptors (Lipinski definition) is 5. The monoisotopic (exact) mass is 373 g/mol. The van der Waals surface area contributed by atoms with Gasteiger partial charge < -0.3 is 5.32 Å². The molecule has 2 atom stereocenters. The van der Waals surface area contributed by atoms with Gasteiger partial charge in [0.2, 0.25) is 0 Å². The van der Waals surface area contributed by atoms with E-state index < -0.39 is 0 Å². The maximum atomic E-state index is 12.7. The molecule has 2 bridgehead atoms. The second-order valence-corrected chi connectivity index (χ2v) is 9.55.